The minimum atomic E-state index is 0.694. The van der Waals surface area contributed by atoms with Gasteiger partial charge in [0.15, 0.2) is 0 Å². The third-order valence-corrected chi connectivity index (χ3v) is 4.63. The minimum Gasteiger partial charge on any atom is -0.311 e. The number of aryl methyl sites for hydroxylation is 1. The van der Waals surface area contributed by atoms with E-state index in [4.69, 9.17) is 0 Å². The number of benzene rings is 1. The molecular weight excluding hydrogens is 272 g/mol. The summed E-state index contributed by atoms with van der Waals surface area (Å²) in [4.78, 5) is 2.57. The highest BCUT2D eigenvalue weighted by molar-refractivity contribution is 5.63. The van der Waals surface area contributed by atoms with Crippen molar-refractivity contribution in [1.29, 1.82) is 0 Å². The van der Waals surface area contributed by atoms with Gasteiger partial charge >= 0.3 is 0 Å². The van der Waals surface area contributed by atoms with Crippen LogP contribution in [-0.2, 0) is 6.54 Å². The van der Waals surface area contributed by atoms with Crippen molar-refractivity contribution in [2.24, 2.45) is 0 Å². The second-order valence-electron chi connectivity index (χ2n) is 6.20. The lowest BCUT2D eigenvalue weighted by Gasteiger charge is -2.22. The number of aromatic nitrogens is 2. The Labute approximate surface area is 132 Å². The van der Waals surface area contributed by atoms with E-state index in [1.54, 1.807) is 0 Å². The molecule has 3 rings (SSSR count). The Morgan fingerprint density at radius 3 is 3.14 bits per heavy atom. The number of H-pyrrole nitrogens is 1. The Hall–Kier alpha value is -1.65. The predicted molar refractivity (Wildman–Crippen MR) is 90.7 cm³/mol. The molecule has 1 atom stereocenters. The Morgan fingerprint density at radius 2 is 2.32 bits per heavy atom. The van der Waals surface area contributed by atoms with E-state index in [2.05, 4.69) is 58.5 Å². The molecule has 1 aliphatic heterocycles. The molecule has 0 spiro atoms. The maximum atomic E-state index is 4.23. The largest absolute Gasteiger partial charge is 0.311 e. The Kier molecular flexibility index (Phi) is 4.90. The van der Waals surface area contributed by atoms with Gasteiger partial charge in [-0.3, -0.25) is 10.00 Å². The van der Waals surface area contributed by atoms with Crippen molar-refractivity contribution >= 4 is 0 Å². The van der Waals surface area contributed by atoms with E-state index in [1.165, 1.54) is 36.1 Å². The molecule has 0 aliphatic carbocycles. The SMILES string of the molecule is CCN1CCCC1CNCc1cn[nH]c1-c1cccc(C)c1. The van der Waals surface area contributed by atoms with Crippen molar-refractivity contribution in [3.63, 3.8) is 0 Å². The molecule has 4 heteroatoms. The molecule has 1 saturated heterocycles. The van der Waals surface area contributed by atoms with Crippen molar-refractivity contribution in [2.45, 2.75) is 39.3 Å². The molecule has 0 bridgehead atoms. The van der Waals surface area contributed by atoms with E-state index in [0.29, 0.717) is 6.04 Å². The van der Waals surface area contributed by atoms with Crippen LogP contribution in [0.5, 0.6) is 0 Å². The molecule has 22 heavy (non-hydrogen) atoms. The molecule has 1 fully saturated rings. The van der Waals surface area contributed by atoms with E-state index in [-0.39, 0.29) is 0 Å². The van der Waals surface area contributed by atoms with Crippen LogP contribution in [-0.4, -0.2) is 40.8 Å². The van der Waals surface area contributed by atoms with Crippen LogP contribution < -0.4 is 5.32 Å². The fourth-order valence-electron chi connectivity index (χ4n) is 3.41. The van der Waals surface area contributed by atoms with E-state index >= 15 is 0 Å². The summed E-state index contributed by atoms with van der Waals surface area (Å²) in [5, 5.41) is 11.0. The van der Waals surface area contributed by atoms with Gasteiger partial charge in [0.1, 0.15) is 0 Å². The zero-order valence-electron chi connectivity index (χ0n) is 13.6. The molecule has 2 aromatic rings. The Balaban J connectivity index is 1.61. The number of rotatable bonds is 6. The molecule has 4 nitrogen and oxygen atoms in total. The first kappa shape index (κ1) is 15.3. The highest BCUT2D eigenvalue weighted by atomic mass is 15.2. The summed E-state index contributed by atoms with van der Waals surface area (Å²) >= 11 is 0. The second kappa shape index (κ2) is 7.07. The van der Waals surface area contributed by atoms with Gasteiger partial charge in [-0.05, 0) is 38.9 Å². The van der Waals surface area contributed by atoms with Crippen LogP contribution in [0.25, 0.3) is 11.3 Å². The van der Waals surface area contributed by atoms with Crippen molar-refractivity contribution in [1.82, 2.24) is 20.4 Å². The summed E-state index contributed by atoms with van der Waals surface area (Å²) in [6.45, 7) is 8.72. The van der Waals surface area contributed by atoms with Crippen molar-refractivity contribution in [2.75, 3.05) is 19.6 Å². The number of likely N-dealkylation sites (N-methyl/N-ethyl adjacent to an activating group) is 1. The normalized spacial score (nSPS) is 18.9. The summed E-state index contributed by atoms with van der Waals surface area (Å²) < 4.78 is 0. The van der Waals surface area contributed by atoms with Crippen molar-refractivity contribution in [3.05, 3.63) is 41.6 Å². The molecule has 2 heterocycles. The van der Waals surface area contributed by atoms with Gasteiger partial charge < -0.3 is 5.32 Å². The molecule has 0 saturated carbocycles. The third-order valence-electron chi connectivity index (χ3n) is 4.63. The predicted octanol–water partition coefficient (Wildman–Crippen LogP) is 2.96. The van der Waals surface area contributed by atoms with Gasteiger partial charge in [0.25, 0.3) is 0 Å². The average Bonchev–Trinajstić information content (AvgIpc) is 3.16. The van der Waals surface area contributed by atoms with Crippen LogP contribution in [0.2, 0.25) is 0 Å². The van der Waals surface area contributed by atoms with E-state index in [0.717, 1.165) is 25.3 Å². The van der Waals surface area contributed by atoms with Gasteiger partial charge in [0, 0.05) is 30.3 Å². The molecule has 1 aliphatic rings. The summed E-state index contributed by atoms with van der Waals surface area (Å²) in [6.07, 6.45) is 4.59. The Morgan fingerprint density at radius 1 is 1.41 bits per heavy atom. The summed E-state index contributed by atoms with van der Waals surface area (Å²) in [5.41, 5.74) is 4.86. The molecule has 0 amide bonds. The highest BCUT2D eigenvalue weighted by Crippen LogP contribution is 2.22. The first-order valence-electron chi connectivity index (χ1n) is 8.32. The molecule has 0 radical (unpaired) electrons. The number of hydrogen-bond acceptors (Lipinski definition) is 3. The number of nitrogens with one attached hydrogen (secondary N) is 2. The van der Waals surface area contributed by atoms with Gasteiger partial charge in [-0.25, -0.2) is 0 Å². The molecular formula is C18H26N4. The maximum Gasteiger partial charge on any atom is 0.0695 e. The van der Waals surface area contributed by atoms with Crippen LogP contribution in [0.1, 0.15) is 30.9 Å². The summed E-state index contributed by atoms with van der Waals surface area (Å²) in [6, 6.07) is 9.25. The minimum absolute atomic E-state index is 0.694. The van der Waals surface area contributed by atoms with E-state index < -0.39 is 0 Å². The fraction of sp³-hybridized carbons (Fsp3) is 0.500. The highest BCUT2D eigenvalue weighted by Gasteiger charge is 2.22. The van der Waals surface area contributed by atoms with Crippen molar-refractivity contribution < 1.29 is 0 Å². The van der Waals surface area contributed by atoms with Crippen LogP contribution in [0, 0.1) is 6.92 Å². The monoisotopic (exact) mass is 298 g/mol. The smallest absolute Gasteiger partial charge is 0.0695 e. The molecule has 1 aromatic carbocycles. The van der Waals surface area contributed by atoms with Crippen LogP contribution >= 0.6 is 0 Å². The number of hydrogen-bond donors (Lipinski definition) is 2. The van der Waals surface area contributed by atoms with Gasteiger partial charge in [0.2, 0.25) is 0 Å². The van der Waals surface area contributed by atoms with Gasteiger partial charge in [-0.15, -0.1) is 0 Å². The van der Waals surface area contributed by atoms with Crippen LogP contribution in [0.15, 0.2) is 30.5 Å². The zero-order chi connectivity index (χ0) is 15.4. The molecule has 1 aromatic heterocycles. The van der Waals surface area contributed by atoms with Crippen molar-refractivity contribution in [3.8, 4) is 11.3 Å². The summed E-state index contributed by atoms with van der Waals surface area (Å²) in [7, 11) is 0. The molecule has 1 unspecified atom stereocenters. The lowest BCUT2D eigenvalue weighted by Crippen LogP contribution is -2.37. The van der Waals surface area contributed by atoms with Crippen LogP contribution in [0.3, 0.4) is 0 Å². The third kappa shape index (κ3) is 3.39. The van der Waals surface area contributed by atoms with Gasteiger partial charge in [-0.1, -0.05) is 30.7 Å². The lowest BCUT2D eigenvalue weighted by molar-refractivity contribution is 0.260. The van der Waals surface area contributed by atoms with Gasteiger partial charge in [0.05, 0.1) is 11.9 Å². The summed E-state index contributed by atoms with van der Waals surface area (Å²) in [5.74, 6) is 0. The quantitative estimate of drug-likeness (QED) is 0.862. The fourth-order valence-corrected chi connectivity index (χ4v) is 3.41. The average molecular weight is 298 g/mol. The molecule has 2 N–H and O–H groups in total. The number of nitrogens with zero attached hydrogens (tertiary/aromatic N) is 2. The lowest BCUT2D eigenvalue weighted by atomic mass is 10.1. The van der Waals surface area contributed by atoms with Crippen LogP contribution in [0.4, 0.5) is 0 Å². The standard InChI is InChI=1S/C18H26N4/c1-3-22-9-5-8-17(22)13-19-11-16-12-20-21-18(16)15-7-4-6-14(2)10-15/h4,6-7,10,12,17,19H,3,5,8-9,11,13H2,1-2H3,(H,20,21). The maximum absolute atomic E-state index is 4.23. The second-order valence-corrected chi connectivity index (χ2v) is 6.20. The first-order valence-corrected chi connectivity index (χ1v) is 8.32. The van der Waals surface area contributed by atoms with E-state index in [1.807, 2.05) is 6.20 Å². The zero-order valence-corrected chi connectivity index (χ0v) is 13.6. The van der Waals surface area contributed by atoms with Gasteiger partial charge in [-0.2, -0.15) is 5.10 Å². The Bertz CT molecular complexity index is 605. The number of likely N-dealkylation sites (tertiary alicyclic amines) is 1. The first-order chi connectivity index (χ1) is 10.8. The molecule has 118 valence electrons. The van der Waals surface area contributed by atoms with E-state index in [9.17, 15) is 0 Å². The number of aromatic amines is 1. The topological polar surface area (TPSA) is 44.0 Å².